The Hall–Kier alpha value is -3.37. The quantitative estimate of drug-likeness (QED) is 0.484. The lowest BCUT2D eigenvalue weighted by molar-refractivity contribution is 0.102. The Kier molecular flexibility index (Phi) is 4.96. The van der Waals surface area contributed by atoms with Crippen molar-refractivity contribution < 1.29 is 4.79 Å². The first kappa shape index (κ1) is 18.0. The average molecular weight is 388 g/mol. The normalized spacial score (nSPS) is 10.6. The van der Waals surface area contributed by atoms with E-state index in [0.717, 1.165) is 22.5 Å². The van der Waals surface area contributed by atoms with Gasteiger partial charge in [0.1, 0.15) is 5.69 Å². The molecule has 0 saturated carbocycles. The van der Waals surface area contributed by atoms with Crippen molar-refractivity contribution in [3.63, 3.8) is 0 Å². The maximum atomic E-state index is 13.0. The van der Waals surface area contributed by atoms with Crippen LogP contribution in [0.5, 0.6) is 0 Å². The number of nitrogens with zero attached hydrogens (tertiary/aromatic N) is 2. The Morgan fingerprint density at radius 1 is 0.929 bits per heavy atom. The molecule has 0 fully saturated rings. The second-order valence-corrected chi connectivity index (χ2v) is 6.93. The molecule has 4 nitrogen and oxygen atoms in total. The van der Waals surface area contributed by atoms with Gasteiger partial charge in [-0.2, -0.15) is 5.10 Å². The molecule has 0 spiro atoms. The third-order valence-corrected chi connectivity index (χ3v) is 4.66. The van der Waals surface area contributed by atoms with Crippen LogP contribution in [0.15, 0.2) is 85.1 Å². The molecule has 5 heteroatoms. The van der Waals surface area contributed by atoms with Gasteiger partial charge in [0.15, 0.2) is 0 Å². The van der Waals surface area contributed by atoms with Crippen molar-refractivity contribution in [3.8, 4) is 16.9 Å². The molecule has 0 aliphatic carbocycles. The van der Waals surface area contributed by atoms with E-state index in [0.29, 0.717) is 16.3 Å². The van der Waals surface area contributed by atoms with Gasteiger partial charge in [-0.1, -0.05) is 59.6 Å². The summed E-state index contributed by atoms with van der Waals surface area (Å²) in [6.45, 7) is 2.01. The number of anilines is 1. The molecule has 4 aromatic rings. The van der Waals surface area contributed by atoms with Crippen LogP contribution in [-0.4, -0.2) is 15.7 Å². The van der Waals surface area contributed by atoms with E-state index in [-0.39, 0.29) is 5.91 Å². The van der Waals surface area contributed by atoms with Gasteiger partial charge in [-0.05, 0) is 43.3 Å². The van der Waals surface area contributed by atoms with Gasteiger partial charge in [0.2, 0.25) is 0 Å². The summed E-state index contributed by atoms with van der Waals surface area (Å²) in [5.41, 5.74) is 4.68. The highest BCUT2D eigenvalue weighted by Crippen LogP contribution is 2.26. The van der Waals surface area contributed by atoms with E-state index in [1.807, 2.05) is 73.7 Å². The summed E-state index contributed by atoms with van der Waals surface area (Å²) in [4.78, 5) is 13.0. The van der Waals surface area contributed by atoms with Crippen molar-refractivity contribution in [2.75, 3.05) is 5.32 Å². The van der Waals surface area contributed by atoms with Crippen molar-refractivity contribution >= 4 is 23.2 Å². The maximum absolute atomic E-state index is 13.0. The van der Waals surface area contributed by atoms with Crippen LogP contribution in [0.4, 0.5) is 5.69 Å². The summed E-state index contributed by atoms with van der Waals surface area (Å²) in [5, 5.41) is 8.26. The van der Waals surface area contributed by atoms with Gasteiger partial charge in [0.05, 0.1) is 11.3 Å². The van der Waals surface area contributed by atoms with Crippen LogP contribution in [0.3, 0.4) is 0 Å². The second-order valence-electron chi connectivity index (χ2n) is 6.50. The first-order valence-electron chi connectivity index (χ1n) is 8.89. The summed E-state index contributed by atoms with van der Waals surface area (Å²) >= 11 is 6.02. The Morgan fingerprint density at radius 3 is 2.29 bits per heavy atom. The van der Waals surface area contributed by atoms with Crippen molar-refractivity contribution in [2.24, 2.45) is 0 Å². The van der Waals surface area contributed by atoms with E-state index in [1.54, 1.807) is 23.0 Å². The molecule has 1 amide bonds. The summed E-state index contributed by atoms with van der Waals surface area (Å²) in [6, 6.07) is 24.7. The van der Waals surface area contributed by atoms with Crippen molar-refractivity contribution in [1.29, 1.82) is 0 Å². The van der Waals surface area contributed by atoms with Gasteiger partial charge in [-0.25, -0.2) is 4.68 Å². The van der Waals surface area contributed by atoms with E-state index >= 15 is 0 Å². The fraction of sp³-hybridized carbons (Fsp3) is 0.0435. The lowest BCUT2D eigenvalue weighted by atomic mass is 10.1. The van der Waals surface area contributed by atoms with Gasteiger partial charge in [-0.3, -0.25) is 4.79 Å². The van der Waals surface area contributed by atoms with Crippen LogP contribution in [-0.2, 0) is 0 Å². The molecular weight excluding hydrogens is 370 g/mol. The van der Waals surface area contributed by atoms with E-state index in [4.69, 9.17) is 11.6 Å². The third-order valence-electron chi connectivity index (χ3n) is 4.41. The molecule has 0 unspecified atom stereocenters. The number of nitrogens with one attached hydrogen (secondary N) is 1. The number of halogens is 1. The molecule has 28 heavy (non-hydrogen) atoms. The van der Waals surface area contributed by atoms with E-state index < -0.39 is 0 Å². The number of aryl methyl sites for hydroxylation is 1. The SMILES string of the molecule is Cc1ccc(NC(=O)c2cn(-c3ccccc3)nc2-c2ccc(Cl)cc2)cc1. The minimum absolute atomic E-state index is 0.212. The summed E-state index contributed by atoms with van der Waals surface area (Å²) in [7, 11) is 0. The number of hydrogen-bond donors (Lipinski definition) is 1. The zero-order valence-electron chi connectivity index (χ0n) is 15.3. The number of para-hydroxylation sites is 1. The molecule has 0 saturated heterocycles. The highest BCUT2D eigenvalue weighted by atomic mass is 35.5. The van der Waals surface area contributed by atoms with Gasteiger partial charge in [0.25, 0.3) is 5.91 Å². The smallest absolute Gasteiger partial charge is 0.259 e. The molecule has 1 N–H and O–H groups in total. The minimum Gasteiger partial charge on any atom is -0.322 e. The third kappa shape index (κ3) is 3.82. The Morgan fingerprint density at radius 2 is 1.61 bits per heavy atom. The molecule has 0 atom stereocenters. The Labute approximate surface area is 168 Å². The maximum Gasteiger partial charge on any atom is 0.259 e. The van der Waals surface area contributed by atoms with Crippen LogP contribution in [0, 0.1) is 6.92 Å². The fourth-order valence-electron chi connectivity index (χ4n) is 2.91. The van der Waals surface area contributed by atoms with Crippen molar-refractivity contribution in [1.82, 2.24) is 9.78 Å². The van der Waals surface area contributed by atoms with Crippen molar-refractivity contribution in [2.45, 2.75) is 6.92 Å². The zero-order chi connectivity index (χ0) is 19.5. The molecule has 1 heterocycles. The lowest BCUT2D eigenvalue weighted by Gasteiger charge is -2.06. The van der Waals surface area contributed by atoms with Crippen LogP contribution in [0.2, 0.25) is 5.02 Å². The highest BCUT2D eigenvalue weighted by Gasteiger charge is 2.19. The van der Waals surface area contributed by atoms with Crippen LogP contribution >= 0.6 is 11.6 Å². The molecule has 0 bridgehead atoms. The van der Waals surface area contributed by atoms with E-state index in [1.165, 1.54) is 0 Å². The molecule has 4 rings (SSSR count). The summed E-state index contributed by atoms with van der Waals surface area (Å²) < 4.78 is 1.72. The molecule has 1 aromatic heterocycles. The topological polar surface area (TPSA) is 46.9 Å². The first-order chi connectivity index (χ1) is 13.6. The van der Waals surface area contributed by atoms with Crippen LogP contribution in [0.1, 0.15) is 15.9 Å². The molecule has 3 aromatic carbocycles. The largest absolute Gasteiger partial charge is 0.322 e. The predicted molar refractivity (Wildman–Crippen MR) is 113 cm³/mol. The van der Waals surface area contributed by atoms with Gasteiger partial charge >= 0.3 is 0 Å². The Bertz CT molecular complexity index is 1100. The number of benzene rings is 3. The predicted octanol–water partition coefficient (Wildman–Crippen LogP) is 5.75. The molecule has 138 valence electrons. The van der Waals surface area contributed by atoms with Gasteiger partial charge < -0.3 is 5.32 Å². The second kappa shape index (κ2) is 7.71. The Balaban J connectivity index is 1.75. The minimum atomic E-state index is -0.212. The average Bonchev–Trinajstić information content (AvgIpc) is 3.17. The molecular formula is C23H18ClN3O. The fourth-order valence-corrected chi connectivity index (χ4v) is 3.04. The molecule has 0 radical (unpaired) electrons. The summed E-state index contributed by atoms with van der Waals surface area (Å²) in [6.07, 6.45) is 1.75. The highest BCUT2D eigenvalue weighted by molar-refractivity contribution is 6.30. The summed E-state index contributed by atoms with van der Waals surface area (Å²) in [5.74, 6) is -0.212. The van der Waals surface area contributed by atoms with Crippen LogP contribution in [0.25, 0.3) is 16.9 Å². The van der Waals surface area contributed by atoms with E-state index in [2.05, 4.69) is 10.4 Å². The molecule has 0 aliphatic heterocycles. The van der Waals surface area contributed by atoms with E-state index in [9.17, 15) is 4.79 Å². The zero-order valence-corrected chi connectivity index (χ0v) is 16.0. The monoisotopic (exact) mass is 387 g/mol. The van der Waals surface area contributed by atoms with Gasteiger partial charge in [0, 0.05) is 22.5 Å². The van der Waals surface area contributed by atoms with Gasteiger partial charge in [-0.15, -0.1) is 0 Å². The number of rotatable bonds is 4. The first-order valence-corrected chi connectivity index (χ1v) is 9.27. The number of hydrogen-bond acceptors (Lipinski definition) is 2. The number of amides is 1. The van der Waals surface area contributed by atoms with Crippen molar-refractivity contribution in [3.05, 3.63) is 101 Å². The number of carbonyl (C=O) groups is 1. The number of aromatic nitrogens is 2. The standard InChI is InChI=1S/C23H18ClN3O/c1-16-7-13-19(14-8-16)25-23(28)21-15-27(20-5-3-2-4-6-20)26-22(21)17-9-11-18(24)12-10-17/h2-15H,1H3,(H,25,28). The lowest BCUT2D eigenvalue weighted by Crippen LogP contribution is -2.12. The van der Waals surface area contributed by atoms with Crippen LogP contribution < -0.4 is 5.32 Å². The number of carbonyl (C=O) groups excluding carboxylic acids is 1. The molecule has 0 aliphatic rings.